The maximum absolute atomic E-state index is 12.8. The van der Waals surface area contributed by atoms with Crippen LogP contribution in [0, 0.1) is 6.92 Å². The lowest BCUT2D eigenvalue weighted by atomic mass is 10.1. The number of hydrogen-bond donors (Lipinski definition) is 2. The molecule has 0 aliphatic rings. The number of nitrogens with one attached hydrogen (secondary N) is 1. The molecule has 0 radical (unpaired) electrons. The van der Waals surface area contributed by atoms with Crippen LogP contribution in [0.15, 0.2) is 47.4 Å². The van der Waals surface area contributed by atoms with Crippen molar-refractivity contribution in [1.82, 2.24) is 0 Å². The fourth-order valence-electron chi connectivity index (χ4n) is 2.30. The van der Waals surface area contributed by atoms with Crippen LogP contribution in [0.1, 0.15) is 29.8 Å². The van der Waals surface area contributed by atoms with Gasteiger partial charge in [0.05, 0.1) is 17.1 Å². The molecule has 0 spiro atoms. The maximum atomic E-state index is 12.8. The normalized spacial score (nSPS) is 12.1. The molecule has 2 aromatic rings. The van der Waals surface area contributed by atoms with Crippen LogP contribution in [0.2, 0.25) is 0 Å². The van der Waals surface area contributed by atoms with Gasteiger partial charge in [0.25, 0.3) is 15.9 Å². The first-order valence-corrected chi connectivity index (χ1v) is 9.99. The minimum Gasteiger partial charge on any atom is -0.494 e. The van der Waals surface area contributed by atoms with Crippen molar-refractivity contribution in [2.45, 2.75) is 31.8 Å². The Morgan fingerprint density at radius 2 is 1.79 bits per heavy atom. The van der Waals surface area contributed by atoms with Crippen LogP contribution in [0.3, 0.4) is 0 Å². The Morgan fingerprint density at radius 1 is 1.14 bits per heavy atom. The van der Waals surface area contributed by atoms with E-state index < -0.39 is 28.0 Å². The van der Waals surface area contributed by atoms with Crippen molar-refractivity contribution in [1.29, 1.82) is 0 Å². The van der Waals surface area contributed by atoms with Crippen molar-refractivity contribution in [2.24, 2.45) is 5.73 Å². The summed E-state index contributed by atoms with van der Waals surface area (Å²) in [5.74, 6) is -1.02. The van der Waals surface area contributed by atoms with E-state index in [1.165, 1.54) is 25.1 Å². The number of amides is 1. The lowest BCUT2D eigenvalue weighted by Gasteiger charge is -2.13. The number of carbonyl (C=O) groups excluding carboxylic acids is 2. The molecular formula is C19H22N2O6S. The first kappa shape index (κ1) is 21.2. The van der Waals surface area contributed by atoms with Crippen molar-refractivity contribution in [3.05, 3.63) is 53.6 Å². The van der Waals surface area contributed by atoms with Gasteiger partial charge in [0.15, 0.2) is 6.10 Å². The summed E-state index contributed by atoms with van der Waals surface area (Å²) in [6, 6.07) is 10.5. The highest BCUT2D eigenvalue weighted by Gasteiger charge is 2.22. The van der Waals surface area contributed by atoms with Crippen molar-refractivity contribution >= 4 is 27.6 Å². The first-order valence-electron chi connectivity index (χ1n) is 8.50. The number of sulfonamides is 1. The number of nitrogens with two attached hydrogens (primary N) is 1. The topological polar surface area (TPSA) is 125 Å². The second kappa shape index (κ2) is 8.75. The summed E-state index contributed by atoms with van der Waals surface area (Å²) in [6.45, 7) is 5.29. The Balaban J connectivity index is 2.27. The molecule has 8 nitrogen and oxygen atoms in total. The van der Waals surface area contributed by atoms with Crippen molar-refractivity contribution in [3.8, 4) is 5.75 Å². The summed E-state index contributed by atoms with van der Waals surface area (Å²) in [4.78, 5) is 23.1. The van der Waals surface area contributed by atoms with Crippen LogP contribution in [0.25, 0.3) is 0 Å². The fourth-order valence-corrected chi connectivity index (χ4v) is 3.63. The molecule has 0 heterocycles. The molecule has 1 atom stereocenters. The second-order valence-corrected chi connectivity index (χ2v) is 7.64. The smallest absolute Gasteiger partial charge is 0.338 e. The quantitative estimate of drug-likeness (QED) is 0.648. The third-order valence-corrected chi connectivity index (χ3v) is 5.34. The number of carbonyl (C=O) groups is 2. The van der Waals surface area contributed by atoms with E-state index in [1.807, 2.05) is 6.92 Å². The second-order valence-electron chi connectivity index (χ2n) is 5.99. The summed E-state index contributed by atoms with van der Waals surface area (Å²) in [6.07, 6.45) is -1.13. The standard InChI is InChI=1S/C19H22N2O6S/c1-4-26-16-9-7-15(8-10-16)21-28(24,25)17-11-14(6-5-12(17)2)19(23)27-13(3)18(20)22/h5-11,13,21H,4H2,1-3H3,(H2,20,22)/t13-/m0/s1. The minimum atomic E-state index is -3.96. The van der Waals surface area contributed by atoms with Crippen LogP contribution in [0.5, 0.6) is 5.75 Å². The number of ether oxygens (including phenoxy) is 2. The van der Waals surface area contributed by atoms with E-state index in [-0.39, 0.29) is 10.5 Å². The molecular weight excluding hydrogens is 384 g/mol. The van der Waals surface area contributed by atoms with Gasteiger partial charge in [-0.25, -0.2) is 13.2 Å². The van der Waals surface area contributed by atoms with E-state index in [9.17, 15) is 18.0 Å². The van der Waals surface area contributed by atoms with Gasteiger partial charge in [0.1, 0.15) is 5.75 Å². The Labute approximate surface area is 163 Å². The largest absolute Gasteiger partial charge is 0.494 e. The monoisotopic (exact) mass is 406 g/mol. The van der Waals surface area contributed by atoms with Gasteiger partial charge in [0, 0.05) is 5.69 Å². The van der Waals surface area contributed by atoms with Crippen molar-refractivity contribution in [3.63, 3.8) is 0 Å². The molecule has 0 aliphatic heterocycles. The molecule has 0 bridgehead atoms. The predicted molar refractivity (Wildman–Crippen MR) is 104 cm³/mol. The van der Waals surface area contributed by atoms with E-state index in [0.717, 1.165) is 0 Å². The Hall–Kier alpha value is -3.07. The lowest BCUT2D eigenvalue weighted by Crippen LogP contribution is -2.30. The number of primary amides is 1. The predicted octanol–water partition coefficient (Wildman–Crippen LogP) is 2.23. The van der Waals surface area contributed by atoms with Gasteiger partial charge in [0.2, 0.25) is 0 Å². The molecule has 0 saturated carbocycles. The summed E-state index contributed by atoms with van der Waals surface area (Å²) >= 11 is 0. The summed E-state index contributed by atoms with van der Waals surface area (Å²) in [7, 11) is -3.96. The first-order chi connectivity index (χ1) is 13.1. The summed E-state index contributed by atoms with van der Waals surface area (Å²) in [5, 5.41) is 0. The Kier molecular flexibility index (Phi) is 6.63. The van der Waals surface area contributed by atoms with Crippen molar-refractivity contribution in [2.75, 3.05) is 11.3 Å². The molecule has 150 valence electrons. The highest BCUT2D eigenvalue weighted by molar-refractivity contribution is 7.92. The Morgan fingerprint density at radius 3 is 2.36 bits per heavy atom. The zero-order valence-corrected chi connectivity index (χ0v) is 16.6. The zero-order chi connectivity index (χ0) is 20.9. The molecule has 1 amide bonds. The molecule has 9 heteroatoms. The van der Waals surface area contributed by atoms with E-state index in [2.05, 4.69) is 4.72 Å². The van der Waals surface area contributed by atoms with Gasteiger partial charge in [-0.3, -0.25) is 9.52 Å². The average molecular weight is 406 g/mol. The zero-order valence-electron chi connectivity index (χ0n) is 15.8. The lowest BCUT2D eigenvalue weighted by molar-refractivity contribution is -0.125. The van der Waals surface area contributed by atoms with Gasteiger partial charge in [-0.1, -0.05) is 6.07 Å². The SMILES string of the molecule is CCOc1ccc(NS(=O)(=O)c2cc(C(=O)O[C@@H](C)C(N)=O)ccc2C)cc1. The number of benzene rings is 2. The molecule has 0 fully saturated rings. The molecule has 2 aromatic carbocycles. The molecule has 0 aromatic heterocycles. The minimum absolute atomic E-state index is 0.00855. The molecule has 0 aliphatic carbocycles. The van der Waals surface area contributed by atoms with Crippen LogP contribution < -0.4 is 15.2 Å². The third-order valence-electron chi connectivity index (χ3n) is 3.82. The van der Waals surface area contributed by atoms with E-state index >= 15 is 0 Å². The molecule has 0 unspecified atom stereocenters. The molecule has 3 N–H and O–H groups in total. The van der Waals surface area contributed by atoms with Gasteiger partial charge >= 0.3 is 5.97 Å². The van der Waals surface area contributed by atoms with Crippen LogP contribution in [-0.2, 0) is 19.6 Å². The van der Waals surface area contributed by atoms with Crippen LogP contribution in [0.4, 0.5) is 5.69 Å². The van der Waals surface area contributed by atoms with Gasteiger partial charge in [-0.2, -0.15) is 0 Å². The maximum Gasteiger partial charge on any atom is 0.338 e. The highest BCUT2D eigenvalue weighted by Crippen LogP contribution is 2.23. The number of aryl methyl sites for hydroxylation is 1. The van der Waals surface area contributed by atoms with Gasteiger partial charge < -0.3 is 15.2 Å². The molecule has 2 rings (SSSR count). The summed E-state index contributed by atoms with van der Waals surface area (Å²) < 4.78 is 38.2. The third kappa shape index (κ3) is 5.23. The number of anilines is 1. The van der Waals surface area contributed by atoms with E-state index in [4.69, 9.17) is 15.2 Å². The Bertz CT molecular complexity index is 970. The van der Waals surface area contributed by atoms with Gasteiger partial charge in [-0.15, -0.1) is 0 Å². The van der Waals surface area contributed by atoms with Crippen LogP contribution >= 0.6 is 0 Å². The van der Waals surface area contributed by atoms with E-state index in [1.54, 1.807) is 31.2 Å². The number of hydrogen-bond acceptors (Lipinski definition) is 6. The average Bonchev–Trinajstić information content (AvgIpc) is 2.63. The van der Waals surface area contributed by atoms with Crippen LogP contribution in [-0.4, -0.2) is 33.0 Å². The molecule has 28 heavy (non-hydrogen) atoms. The van der Waals surface area contributed by atoms with Gasteiger partial charge in [-0.05, 0) is 62.7 Å². The van der Waals surface area contributed by atoms with Crippen molar-refractivity contribution < 1.29 is 27.5 Å². The highest BCUT2D eigenvalue weighted by atomic mass is 32.2. The van der Waals surface area contributed by atoms with E-state index in [0.29, 0.717) is 23.6 Å². The summed E-state index contributed by atoms with van der Waals surface area (Å²) in [5.41, 5.74) is 5.85. The fraction of sp³-hybridized carbons (Fsp3) is 0.263. The molecule has 0 saturated heterocycles. The number of rotatable bonds is 8. The number of esters is 1.